The summed E-state index contributed by atoms with van der Waals surface area (Å²) in [4.78, 5) is 26.3. The van der Waals surface area contributed by atoms with Gasteiger partial charge in [0.25, 0.3) is 0 Å². The molecule has 0 saturated carbocycles. The van der Waals surface area contributed by atoms with Gasteiger partial charge in [-0.2, -0.15) is 0 Å². The van der Waals surface area contributed by atoms with E-state index >= 15 is 0 Å². The van der Waals surface area contributed by atoms with Crippen LogP contribution in [0.1, 0.15) is 16.7 Å². The van der Waals surface area contributed by atoms with E-state index < -0.39 is 0 Å². The highest BCUT2D eigenvalue weighted by molar-refractivity contribution is 5.95. The van der Waals surface area contributed by atoms with Gasteiger partial charge in [-0.25, -0.2) is 0 Å². The molecule has 0 fully saturated rings. The van der Waals surface area contributed by atoms with Crippen LogP contribution in [0.4, 0.5) is 5.69 Å². The quantitative estimate of drug-likeness (QED) is 0.708. The average Bonchev–Trinajstić information content (AvgIpc) is 3.08. The number of amides is 2. The number of carbonyl (C=O) groups excluding carboxylic acids is 2. The zero-order chi connectivity index (χ0) is 20.3. The topological polar surface area (TPSA) is 71.8 Å². The number of nitrogens with zero attached hydrogens (tertiary/aromatic N) is 1. The van der Waals surface area contributed by atoms with E-state index in [2.05, 4.69) is 5.32 Å². The molecule has 0 spiro atoms. The number of ether oxygens (including phenoxy) is 1. The van der Waals surface area contributed by atoms with Gasteiger partial charge in [0.05, 0.1) is 26.3 Å². The van der Waals surface area contributed by atoms with Gasteiger partial charge in [0.1, 0.15) is 11.3 Å². The fourth-order valence-corrected chi connectivity index (χ4v) is 3.03. The van der Waals surface area contributed by atoms with Crippen LogP contribution in [0.15, 0.2) is 47.1 Å². The summed E-state index contributed by atoms with van der Waals surface area (Å²) in [6, 6.07) is 11.1. The predicted molar refractivity (Wildman–Crippen MR) is 109 cm³/mol. The van der Waals surface area contributed by atoms with Gasteiger partial charge in [-0.05, 0) is 37.1 Å². The number of hydrogen-bond donors (Lipinski definition) is 1. The summed E-state index contributed by atoms with van der Waals surface area (Å²) in [5.41, 5.74) is 4.47. The lowest BCUT2D eigenvalue weighted by Crippen LogP contribution is -2.35. The molecule has 0 atom stereocenters. The molecular weight excluding hydrogens is 356 g/mol. The van der Waals surface area contributed by atoms with Crippen LogP contribution in [-0.4, -0.2) is 37.4 Å². The number of methoxy groups -OCH3 is 1. The number of fused-ring (bicyclic) bond motifs is 1. The molecule has 2 aromatic carbocycles. The molecule has 146 valence electrons. The molecule has 2 amide bonds. The molecule has 0 saturated heterocycles. The number of hydrogen-bond acceptors (Lipinski definition) is 4. The van der Waals surface area contributed by atoms with Crippen LogP contribution in [0.5, 0.6) is 5.75 Å². The van der Waals surface area contributed by atoms with E-state index in [9.17, 15) is 9.59 Å². The van der Waals surface area contributed by atoms with E-state index in [1.807, 2.05) is 26.0 Å². The molecule has 0 aliphatic heterocycles. The SMILES string of the molecule is COc1cccc(NC(=O)CN(C)C(=O)Cc2coc3c(C)c(C)ccc23)c1. The van der Waals surface area contributed by atoms with Crippen molar-refractivity contribution in [2.45, 2.75) is 20.3 Å². The molecule has 3 rings (SSSR count). The zero-order valence-electron chi connectivity index (χ0n) is 16.5. The van der Waals surface area contributed by atoms with Crippen LogP contribution in [0.3, 0.4) is 0 Å². The van der Waals surface area contributed by atoms with Crippen molar-refractivity contribution in [1.82, 2.24) is 4.90 Å². The maximum atomic E-state index is 12.6. The monoisotopic (exact) mass is 380 g/mol. The zero-order valence-corrected chi connectivity index (χ0v) is 16.5. The molecule has 28 heavy (non-hydrogen) atoms. The van der Waals surface area contributed by atoms with E-state index in [-0.39, 0.29) is 24.8 Å². The van der Waals surface area contributed by atoms with Crippen molar-refractivity contribution < 1.29 is 18.7 Å². The van der Waals surface area contributed by atoms with E-state index in [0.717, 1.165) is 27.7 Å². The second-order valence-corrected chi connectivity index (χ2v) is 6.85. The number of carbonyl (C=O) groups is 2. The Kier molecular flexibility index (Phi) is 5.68. The van der Waals surface area contributed by atoms with Crippen molar-refractivity contribution >= 4 is 28.5 Å². The second-order valence-electron chi connectivity index (χ2n) is 6.85. The third-order valence-corrected chi connectivity index (χ3v) is 4.84. The van der Waals surface area contributed by atoms with Gasteiger partial charge in [-0.1, -0.05) is 18.2 Å². The first-order valence-electron chi connectivity index (χ1n) is 9.03. The van der Waals surface area contributed by atoms with Gasteiger partial charge >= 0.3 is 0 Å². The van der Waals surface area contributed by atoms with Crippen LogP contribution >= 0.6 is 0 Å². The van der Waals surface area contributed by atoms with Gasteiger partial charge in [0, 0.05) is 29.8 Å². The van der Waals surface area contributed by atoms with E-state index in [1.165, 1.54) is 4.90 Å². The number of aryl methyl sites for hydroxylation is 2. The average molecular weight is 380 g/mol. The Morgan fingerprint density at radius 3 is 2.71 bits per heavy atom. The molecule has 1 heterocycles. The van der Waals surface area contributed by atoms with Crippen molar-refractivity contribution in [3.63, 3.8) is 0 Å². The standard InChI is InChI=1S/C22H24N2O4/c1-14-8-9-19-16(13-28-22(19)15(14)2)10-21(26)24(3)12-20(25)23-17-6-5-7-18(11-17)27-4/h5-9,11,13H,10,12H2,1-4H3,(H,23,25). The second kappa shape index (κ2) is 8.17. The summed E-state index contributed by atoms with van der Waals surface area (Å²) < 4.78 is 10.8. The Bertz CT molecular complexity index is 1020. The van der Waals surface area contributed by atoms with Crippen molar-refractivity contribution in [2.75, 3.05) is 26.0 Å². The number of rotatable bonds is 6. The molecule has 1 N–H and O–H groups in total. The number of furan rings is 1. The van der Waals surface area contributed by atoms with Crippen LogP contribution in [-0.2, 0) is 16.0 Å². The fourth-order valence-electron chi connectivity index (χ4n) is 3.03. The first kappa shape index (κ1) is 19.5. The van der Waals surface area contributed by atoms with Gasteiger partial charge in [0.15, 0.2) is 0 Å². The number of nitrogens with one attached hydrogen (secondary N) is 1. The molecule has 3 aromatic rings. The smallest absolute Gasteiger partial charge is 0.243 e. The van der Waals surface area contributed by atoms with Crippen molar-refractivity contribution in [1.29, 1.82) is 0 Å². The van der Waals surface area contributed by atoms with Gasteiger partial charge in [-0.3, -0.25) is 9.59 Å². The highest BCUT2D eigenvalue weighted by Crippen LogP contribution is 2.27. The minimum atomic E-state index is -0.271. The van der Waals surface area contributed by atoms with E-state index in [1.54, 1.807) is 44.7 Å². The normalized spacial score (nSPS) is 10.7. The number of likely N-dealkylation sites (N-methyl/N-ethyl adjacent to an activating group) is 1. The third-order valence-electron chi connectivity index (χ3n) is 4.84. The third kappa shape index (κ3) is 4.17. The van der Waals surface area contributed by atoms with Gasteiger partial charge in [-0.15, -0.1) is 0 Å². The number of anilines is 1. The summed E-state index contributed by atoms with van der Waals surface area (Å²) in [5.74, 6) is 0.231. The first-order chi connectivity index (χ1) is 13.4. The maximum absolute atomic E-state index is 12.6. The lowest BCUT2D eigenvalue weighted by Gasteiger charge is -2.17. The molecule has 6 nitrogen and oxygen atoms in total. The molecule has 0 bridgehead atoms. The summed E-state index contributed by atoms with van der Waals surface area (Å²) in [5, 5.41) is 3.71. The lowest BCUT2D eigenvalue weighted by atomic mass is 10.0. The summed E-state index contributed by atoms with van der Waals surface area (Å²) in [6.07, 6.45) is 1.80. The summed E-state index contributed by atoms with van der Waals surface area (Å²) >= 11 is 0. The van der Waals surface area contributed by atoms with E-state index in [0.29, 0.717) is 11.4 Å². The van der Waals surface area contributed by atoms with E-state index in [4.69, 9.17) is 9.15 Å². The fraction of sp³-hybridized carbons (Fsp3) is 0.273. The molecule has 0 aliphatic rings. The number of benzene rings is 2. The maximum Gasteiger partial charge on any atom is 0.243 e. The molecule has 0 unspecified atom stereocenters. The summed E-state index contributed by atoms with van der Waals surface area (Å²) in [7, 11) is 3.18. The Balaban J connectivity index is 1.63. The Morgan fingerprint density at radius 1 is 1.18 bits per heavy atom. The molecule has 6 heteroatoms. The van der Waals surface area contributed by atoms with Crippen molar-refractivity contribution in [2.24, 2.45) is 0 Å². The Labute approximate surface area is 164 Å². The minimum absolute atomic E-state index is 0.0377. The Morgan fingerprint density at radius 2 is 1.96 bits per heavy atom. The Hall–Kier alpha value is -3.28. The van der Waals surface area contributed by atoms with Gasteiger partial charge < -0.3 is 19.4 Å². The predicted octanol–water partition coefficient (Wildman–Crippen LogP) is 3.70. The van der Waals surface area contributed by atoms with Crippen LogP contribution in [0, 0.1) is 13.8 Å². The summed E-state index contributed by atoms with van der Waals surface area (Å²) in [6.45, 7) is 3.99. The molecular formula is C22H24N2O4. The lowest BCUT2D eigenvalue weighted by molar-refractivity contribution is -0.132. The highest BCUT2D eigenvalue weighted by Gasteiger charge is 2.17. The molecule has 0 aliphatic carbocycles. The first-order valence-corrected chi connectivity index (χ1v) is 9.03. The highest BCUT2D eigenvalue weighted by atomic mass is 16.5. The van der Waals surface area contributed by atoms with Crippen LogP contribution in [0.25, 0.3) is 11.0 Å². The van der Waals surface area contributed by atoms with Gasteiger partial charge in [0.2, 0.25) is 11.8 Å². The molecule has 1 aromatic heterocycles. The largest absolute Gasteiger partial charge is 0.497 e. The van der Waals surface area contributed by atoms with Crippen molar-refractivity contribution in [3.8, 4) is 5.75 Å². The van der Waals surface area contributed by atoms with Crippen molar-refractivity contribution in [3.05, 3.63) is 59.4 Å². The minimum Gasteiger partial charge on any atom is -0.497 e. The molecule has 0 radical (unpaired) electrons. The van der Waals surface area contributed by atoms with Crippen LogP contribution in [0.2, 0.25) is 0 Å². The van der Waals surface area contributed by atoms with Crippen LogP contribution < -0.4 is 10.1 Å².